The summed E-state index contributed by atoms with van der Waals surface area (Å²) < 4.78 is 32.7. The Bertz CT molecular complexity index is 1030. The monoisotopic (exact) mass is 456 g/mol. The minimum absolute atomic E-state index is 0.126. The van der Waals surface area contributed by atoms with Crippen molar-refractivity contribution in [2.75, 3.05) is 25.5 Å². The summed E-state index contributed by atoms with van der Waals surface area (Å²) in [5.41, 5.74) is 1.26. The lowest BCUT2D eigenvalue weighted by molar-refractivity contribution is -0.120. The van der Waals surface area contributed by atoms with Gasteiger partial charge in [-0.1, -0.05) is 23.2 Å². The molecule has 1 N–H and O–H groups in total. The fraction of sp³-hybridized carbons (Fsp3) is 0.350. The Balaban J connectivity index is 1.74. The lowest BCUT2D eigenvalue weighted by Gasteiger charge is -2.31. The molecule has 0 saturated carbocycles. The molecule has 1 aliphatic rings. The Hall–Kier alpha value is -1.80. The van der Waals surface area contributed by atoms with Crippen molar-refractivity contribution >= 4 is 44.8 Å². The van der Waals surface area contributed by atoms with Crippen molar-refractivity contribution in [3.63, 3.8) is 0 Å². The summed E-state index contributed by atoms with van der Waals surface area (Å²) in [5, 5.41) is 3.53. The second-order valence-corrected chi connectivity index (χ2v) is 9.70. The molecule has 1 atom stereocenters. The number of rotatable bonds is 5. The predicted molar refractivity (Wildman–Crippen MR) is 114 cm³/mol. The summed E-state index contributed by atoms with van der Waals surface area (Å²) in [5.74, 6) is -0.0667. The van der Waals surface area contributed by atoms with Crippen molar-refractivity contribution in [2.45, 2.75) is 24.7 Å². The first kappa shape index (κ1) is 21.9. The van der Waals surface area contributed by atoms with E-state index >= 15 is 0 Å². The van der Waals surface area contributed by atoms with Gasteiger partial charge in [0.15, 0.2) is 0 Å². The topological polar surface area (TPSA) is 75.7 Å². The van der Waals surface area contributed by atoms with Crippen molar-refractivity contribution < 1.29 is 17.9 Å². The highest BCUT2D eigenvalue weighted by Crippen LogP contribution is 2.29. The number of hydrogen-bond donors (Lipinski definition) is 1. The summed E-state index contributed by atoms with van der Waals surface area (Å²) in [7, 11) is -2.16. The molecule has 0 radical (unpaired) electrons. The van der Waals surface area contributed by atoms with E-state index in [9.17, 15) is 13.2 Å². The van der Waals surface area contributed by atoms with Gasteiger partial charge in [0, 0.05) is 18.8 Å². The van der Waals surface area contributed by atoms with Crippen LogP contribution in [0, 0.1) is 12.8 Å². The first-order valence-corrected chi connectivity index (χ1v) is 11.3. The van der Waals surface area contributed by atoms with E-state index in [0.29, 0.717) is 40.9 Å². The average Bonchev–Trinajstić information content (AvgIpc) is 2.70. The lowest BCUT2D eigenvalue weighted by atomic mass is 9.99. The molecule has 0 bridgehead atoms. The van der Waals surface area contributed by atoms with E-state index in [4.69, 9.17) is 27.9 Å². The summed E-state index contributed by atoms with van der Waals surface area (Å²) in [4.78, 5) is 12.9. The number of anilines is 1. The van der Waals surface area contributed by atoms with Gasteiger partial charge in [0.1, 0.15) is 5.75 Å². The van der Waals surface area contributed by atoms with Crippen molar-refractivity contribution in [2.24, 2.45) is 5.92 Å². The van der Waals surface area contributed by atoms with E-state index in [1.54, 1.807) is 37.3 Å². The van der Waals surface area contributed by atoms with Crippen molar-refractivity contribution in [3.8, 4) is 5.75 Å². The molecule has 0 aromatic heterocycles. The summed E-state index contributed by atoms with van der Waals surface area (Å²) >= 11 is 11.9. The zero-order valence-corrected chi connectivity index (χ0v) is 18.4. The number of aryl methyl sites for hydroxylation is 1. The number of nitrogens with one attached hydrogen (secondary N) is 1. The Kier molecular flexibility index (Phi) is 6.73. The minimum Gasteiger partial charge on any atom is -0.496 e. The zero-order valence-electron chi connectivity index (χ0n) is 16.1. The van der Waals surface area contributed by atoms with Gasteiger partial charge in [-0.05, 0) is 61.7 Å². The molecule has 1 amide bonds. The molecule has 0 aliphatic carbocycles. The van der Waals surface area contributed by atoms with Gasteiger partial charge in [-0.3, -0.25) is 4.79 Å². The smallest absolute Gasteiger partial charge is 0.243 e. The van der Waals surface area contributed by atoms with Crippen molar-refractivity contribution in [1.29, 1.82) is 0 Å². The standard InChI is InChI=1S/C20H22Cl2N2O4S/c1-13-10-16(6-8-19(13)28-2)29(26,27)24-9-3-4-14(12-24)20(25)23-15-5-7-17(21)18(22)11-15/h5-8,10-11,14H,3-4,9,12H2,1-2H3,(H,23,25)/t14-/m0/s1. The van der Waals surface area contributed by atoms with Crippen LogP contribution >= 0.6 is 23.2 Å². The van der Waals surface area contributed by atoms with Crippen LogP contribution in [-0.4, -0.2) is 38.8 Å². The highest BCUT2D eigenvalue weighted by molar-refractivity contribution is 7.89. The highest BCUT2D eigenvalue weighted by atomic mass is 35.5. The van der Waals surface area contributed by atoms with E-state index in [2.05, 4.69) is 5.32 Å². The normalized spacial score (nSPS) is 17.7. The number of halogens is 2. The molecule has 0 spiro atoms. The maximum atomic E-state index is 13.1. The van der Waals surface area contributed by atoms with Gasteiger partial charge in [0.2, 0.25) is 15.9 Å². The van der Waals surface area contributed by atoms with Gasteiger partial charge in [-0.2, -0.15) is 4.31 Å². The largest absolute Gasteiger partial charge is 0.496 e. The number of benzene rings is 2. The molecule has 9 heteroatoms. The van der Waals surface area contributed by atoms with Crippen LogP contribution < -0.4 is 10.1 Å². The molecule has 6 nitrogen and oxygen atoms in total. The number of carbonyl (C=O) groups is 1. The number of carbonyl (C=O) groups excluding carboxylic acids is 1. The molecule has 3 rings (SSSR count). The SMILES string of the molecule is COc1ccc(S(=O)(=O)N2CCC[C@H](C(=O)Nc3ccc(Cl)c(Cl)c3)C2)cc1C. The molecule has 2 aromatic carbocycles. The first-order chi connectivity index (χ1) is 13.7. The second-order valence-electron chi connectivity index (χ2n) is 6.95. The van der Waals surface area contributed by atoms with Gasteiger partial charge in [-0.15, -0.1) is 0 Å². The number of nitrogens with zero attached hydrogens (tertiary/aromatic N) is 1. The van der Waals surface area contributed by atoms with Crippen LogP contribution in [0.1, 0.15) is 18.4 Å². The van der Waals surface area contributed by atoms with E-state index in [0.717, 1.165) is 5.56 Å². The maximum absolute atomic E-state index is 13.1. The molecule has 0 unspecified atom stereocenters. The zero-order chi connectivity index (χ0) is 21.2. The average molecular weight is 457 g/mol. The molecular weight excluding hydrogens is 435 g/mol. The molecule has 29 heavy (non-hydrogen) atoms. The Morgan fingerprint density at radius 2 is 1.93 bits per heavy atom. The molecule has 1 saturated heterocycles. The van der Waals surface area contributed by atoms with Crippen LogP contribution in [-0.2, 0) is 14.8 Å². The Labute approximate surface area is 180 Å². The van der Waals surface area contributed by atoms with Gasteiger partial charge in [-0.25, -0.2) is 8.42 Å². The summed E-state index contributed by atoms with van der Waals surface area (Å²) in [6, 6.07) is 9.58. The van der Waals surface area contributed by atoms with Crippen molar-refractivity contribution in [1.82, 2.24) is 4.31 Å². The molecule has 2 aromatic rings. The van der Waals surface area contributed by atoms with E-state index in [1.807, 2.05) is 0 Å². The number of ether oxygens (including phenoxy) is 1. The fourth-order valence-electron chi connectivity index (χ4n) is 3.35. The van der Waals surface area contributed by atoms with Gasteiger partial charge >= 0.3 is 0 Å². The van der Waals surface area contributed by atoms with Gasteiger partial charge < -0.3 is 10.1 Å². The number of methoxy groups -OCH3 is 1. The first-order valence-electron chi connectivity index (χ1n) is 9.13. The van der Waals surface area contributed by atoms with Crippen LogP contribution in [0.2, 0.25) is 10.0 Å². The molecular formula is C20H22Cl2N2O4S. The molecule has 1 fully saturated rings. The predicted octanol–water partition coefficient (Wildman–Crippen LogP) is 4.35. The Morgan fingerprint density at radius 3 is 2.59 bits per heavy atom. The van der Waals surface area contributed by atoms with Crippen LogP contribution in [0.5, 0.6) is 5.75 Å². The van der Waals surface area contributed by atoms with E-state index in [1.165, 1.54) is 17.5 Å². The quantitative estimate of drug-likeness (QED) is 0.725. The molecule has 1 aliphatic heterocycles. The maximum Gasteiger partial charge on any atom is 0.243 e. The van der Waals surface area contributed by atoms with Gasteiger partial charge in [0.05, 0.1) is 28.0 Å². The third-order valence-corrected chi connectivity index (χ3v) is 7.55. The van der Waals surface area contributed by atoms with Crippen molar-refractivity contribution in [3.05, 3.63) is 52.0 Å². The lowest BCUT2D eigenvalue weighted by Crippen LogP contribution is -2.43. The third-order valence-electron chi connectivity index (χ3n) is 4.95. The third kappa shape index (κ3) is 4.86. The molecule has 1 heterocycles. The highest BCUT2D eigenvalue weighted by Gasteiger charge is 2.33. The summed E-state index contributed by atoms with van der Waals surface area (Å²) in [6.07, 6.45) is 1.22. The number of piperidine rings is 1. The fourth-order valence-corrected chi connectivity index (χ4v) is 5.26. The number of sulfonamides is 1. The van der Waals surface area contributed by atoms with E-state index in [-0.39, 0.29) is 17.3 Å². The second kappa shape index (κ2) is 8.92. The van der Waals surface area contributed by atoms with Crippen LogP contribution in [0.3, 0.4) is 0 Å². The number of hydrogen-bond acceptors (Lipinski definition) is 4. The molecule has 156 valence electrons. The number of amides is 1. The van der Waals surface area contributed by atoms with Crippen LogP contribution in [0.4, 0.5) is 5.69 Å². The Morgan fingerprint density at radius 1 is 1.17 bits per heavy atom. The van der Waals surface area contributed by atoms with Gasteiger partial charge in [0.25, 0.3) is 0 Å². The minimum atomic E-state index is -3.70. The van der Waals surface area contributed by atoms with E-state index < -0.39 is 15.9 Å². The summed E-state index contributed by atoms with van der Waals surface area (Å²) in [6.45, 7) is 2.30. The van der Waals surface area contributed by atoms with Crippen LogP contribution in [0.25, 0.3) is 0 Å². The van der Waals surface area contributed by atoms with Crippen LogP contribution in [0.15, 0.2) is 41.3 Å².